The van der Waals surface area contributed by atoms with Gasteiger partial charge in [0.2, 0.25) is 0 Å². The van der Waals surface area contributed by atoms with Crippen molar-refractivity contribution in [3.63, 3.8) is 0 Å². The Morgan fingerprint density at radius 2 is 1.92 bits per heavy atom. The van der Waals surface area contributed by atoms with Gasteiger partial charge in [-0.05, 0) is 24.7 Å². The van der Waals surface area contributed by atoms with E-state index in [1.54, 1.807) is 0 Å². The maximum Gasteiger partial charge on any atom is 0.326 e. The minimum absolute atomic E-state index is 0.209. The van der Waals surface area contributed by atoms with Gasteiger partial charge in [-0.25, -0.2) is 0 Å². The highest BCUT2D eigenvalue weighted by atomic mass is 16.5. The average Bonchev–Trinajstić information content (AvgIpc) is 2.74. The third-order valence-electron chi connectivity index (χ3n) is 3.42. The van der Waals surface area contributed by atoms with Gasteiger partial charge in [-0.1, -0.05) is 12.8 Å². The van der Waals surface area contributed by atoms with Gasteiger partial charge in [-0.2, -0.15) is 0 Å². The van der Waals surface area contributed by atoms with Crippen LogP contribution in [0.3, 0.4) is 0 Å². The van der Waals surface area contributed by atoms with Crippen LogP contribution in [0.15, 0.2) is 0 Å². The van der Waals surface area contributed by atoms with Gasteiger partial charge >= 0.3 is 5.97 Å². The molecule has 0 radical (unpaired) electrons. The molecule has 0 spiro atoms. The van der Waals surface area contributed by atoms with E-state index in [0.29, 0.717) is 11.8 Å². The molecule has 0 aromatic heterocycles. The molecule has 2 atom stereocenters. The van der Waals surface area contributed by atoms with Crippen molar-refractivity contribution in [1.29, 1.82) is 0 Å². The van der Waals surface area contributed by atoms with E-state index < -0.39 is 5.54 Å². The predicted molar refractivity (Wildman–Crippen MR) is 44.4 cm³/mol. The highest BCUT2D eigenvalue weighted by molar-refractivity contribution is 5.85. The van der Waals surface area contributed by atoms with Crippen LogP contribution in [0.1, 0.15) is 25.7 Å². The predicted octanol–water partition coefficient (Wildman–Crippen LogP) is 0.677. The van der Waals surface area contributed by atoms with Crippen molar-refractivity contribution in [1.82, 2.24) is 0 Å². The minimum Gasteiger partial charge on any atom is -0.468 e. The van der Waals surface area contributed by atoms with Crippen LogP contribution in [0.4, 0.5) is 0 Å². The van der Waals surface area contributed by atoms with Crippen molar-refractivity contribution in [2.24, 2.45) is 17.6 Å². The van der Waals surface area contributed by atoms with Crippen LogP contribution < -0.4 is 5.73 Å². The maximum atomic E-state index is 11.3. The van der Waals surface area contributed by atoms with E-state index in [1.807, 2.05) is 0 Å². The number of fused-ring (bicyclic) bond motifs is 1. The van der Waals surface area contributed by atoms with E-state index in [1.165, 1.54) is 20.0 Å². The molecule has 0 aromatic carbocycles. The van der Waals surface area contributed by atoms with Crippen LogP contribution >= 0.6 is 0 Å². The van der Waals surface area contributed by atoms with Crippen molar-refractivity contribution >= 4 is 5.97 Å². The first-order valence-corrected chi connectivity index (χ1v) is 4.58. The third kappa shape index (κ3) is 0.829. The number of esters is 1. The second-order valence-corrected chi connectivity index (χ2v) is 3.92. The largest absolute Gasteiger partial charge is 0.468 e. The molecular formula is C9H15NO2. The standard InChI is InChI=1S/C9H15NO2/c1-12-8(11)9(10)6-4-2-3-5-7(6)9/h6-7H,2-5,10H2,1H3. The summed E-state index contributed by atoms with van der Waals surface area (Å²) in [5.74, 6) is 0.622. The molecular weight excluding hydrogens is 154 g/mol. The van der Waals surface area contributed by atoms with Crippen LogP contribution in [-0.4, -0.2) is 18.6 Å². The zero-order valence-electron chi connectivity index (χ0n) is 7.38. The van der Waals surface area contributed by atoms with E-state index in [-0.39, 0.29) is 5.97 Å². The van der Waals surface area contributed by atoms with Gasteiger partial charge in [-0.3, -0.25) is 4.79 Å². The molecule has 0 aliphatic heterocycles. The molecule has 0 bridgehead atoms. The SMILES string of the molecule is COC(=O)C1(N)C2CCCCC21. The lowest BCUT2D eigenvalue weighted by Gasteiger charge is -2.07. The van der Waals surface area contributed by atoms with Gasteiger partial charge in [0.25, 0.3) is 0 Å². The number of ether oxygens (including phenoxy) is 1. The van der Waals surface area contributed by atoms with Gasteiger partial charge in [0, 0.05) is 0 Å². The monoisotopic (exact) mass is 169 g/mol. The molecule has 2 rings (SSSR count). The summed E-state index contributed by atoms with van der Waals surface area (Å²) in [5.41, 5.74) is 5.37. The van der Waals surface area contributed by atoms with Crippen LogP contribution in [0.25, 0.3) is 0 Å². The van der Waals surface area contributed by atoms with Crippen molar-refractivity contribution in [2.75, 3.05) is 7.11 Å². The van der Waals surface area contributed by atoms with Gasteiger partial charge in [-0.15, -0.1) is 0 Å². The zero-order valence-corrected chi connectivity index (χ0v) is 7.38. The van der Waals surface area contributed by atoms with Crippen molar-refractivity contribution in [3.8, 4) is 0 Å². The molecule has 68 valence electrons. The Balaban J connectivity index is 2.10. The van der Waals surface area contributed by atoms with Gasteiger partial charge in [0.05, 0.1) is 7.11 Å². The lowest BCUT2D eigenvalue weighted by molar-refractivity contribution is -0.144. The Bertz CT molecular complexity index is 203. The van der Waals surface area contributed by atoms with Crippen molar-refractivity contribution < 1.29 is 9.53 Å². The van der Waals surface area contributed by atoms with Crippen LogP contribution in [0.5, 0.6) is 0 Å². The molecule has 2 fully saturated rings. The molecule has 12 heavy (non-hydrogen) atoms. The first-order chi connectivity index (χ1) is 5.71. The lowest BCUT2D eigenvalue weighted by Crippen LogP contribution is -2.37. The first kappa shape index (κ1) is 8.05. The first-order valence-electron chi connectivity index (χ1n) is 4.58. The Morgan fingerprint density at radius 1 is 1.42 bits per heavy atom. The molecule has 2 aliphatic carbocycles. The third-order valence-corrected chi connectivity index (χ3v) is 3.42. The summed E-state index contributed by atoms with van der Waals surface area (Å²) >= 11 is 0. The van der Waals surface area contributed by atoms with Crippen LogP contribution in [0.2, 0.25) is 0 Å². The topological polar surface area (TPSA) is 52.3 Å². The highest BCUT2D eigenvalue weighted by Gasteiger charge is 2.67. The lowest BCUT2D eigenvalue weighted by atomic mass is 10.0. The summed E-state index contributed by atoms with van der Waals surface area (Å²) in [5, 5.41) is 0. The Hall–Kier alpha value is -0.570. The number of methoxy groups -OCH3 is 1. The van der Waals surface area contributed by atoms with Crippen molar-refractivity contribution in [3.05, 3.63) is 0 Å². The van der Waals surface area contributed by atoms with E-state index >= 15 is 0 Å². The Kier molecular flexibility index (Phi) is 1.65. The summed E-state index contributed by atoms with van der Waals surface area (Å²) in [6, 6.07) is 0. The quantitative estimate of drug-likeness (QED) is 0.587. The number of hydrogen-bond donors (Lipinski definition) is 1. The molecule has 3 nitrogen and oxygen atoms in total. The fourth-order valence-corrected chi connectivity index (χ4v) is 2.65. The van der Waals surface area contributed by atoms with Crippen molar-refractivity contribution in [2.45, 2.75) is 31.2 Å². The summed E-state index contributed by atoms with van der Waals surface area (Å²) in [7, 11) is 1.42. The summed E-state index contributed by atoms with van der Waals surface area (Å²) < 4.78 is 4.71. The summed E-state index contributed by atoms with van der Waals surface area (Å²) in [4.78, 5) is 11.3. The number of rotatable bonds is 1. The van der Waals surface area contributed by atoms with Gasteiger partial charge < -0.3 is 10.5 Å². The smallest absolute Gasteiger partial charge is 0.326 e. The highest BCUT2D eigenvalue weighted by Crippen LogP contribution is 2.57. The van der Waals surface area contributed by atoms with E-state index in [4.69, 9.17) is 10.5 Å². The van der Waals surface area contributed by atoms with E-state index in [9.17, 15) is 4.79 Å². The Morgan fingerprint density at radius 3 is 2.33 bits per heavy atom. The second-order valence-electron chi connectivity index (χ2n) is 3.92. The van der Waals surface area contributed by atoms with E-state index in [0.717, 1.165) is 12.8 Å². The summed E-state index contributed by atoms with van der Waals surface area (Å²) in [6.07, 6.45) is 4.65. The number of carbonyl (C=O) groups excluding carboxylic acids is 1. The van der Waals surface area contributed by atoms with Gasteiger partial charge in [0.1, 0.15) is 5.54 Å². The maximum absolute atomic E-state index is 11.3. The molecule has 0 amide bonds. The second kappa shape index (κ2) is 2.46. The zero-order chi connectivity index (χ0) is 8.77. The number of hydrogen-bond acceptors (Lipinski definition) is 3. The fraction of sp³-hybridized carbons (Fsp3) is 0.889. The molecule has 0 aromatic rings. The average molecular weight is 169 g/mol. The number of nitrogens with two attached hydrogens (primary N) is 1. The molecule has 2 aliphatic rings. The molecule has 0 heterocycles. The number of carbonyl (C=O) groups is 1. The van der Waals surface area contributed by atoms with Crippen LogP contribution in [-0.2, 0) is 9.53 Å². The van der Waals surface area contributed by atoms with Crippen LogP contribution in [0, 0.1) is 11.8 Å². The minimum atomic E-state index is -0.606. The summed E-state index contributed by atoms with van der Waals surface area (Å²) in [6.45, 7) is 0. The fourth-order valence-electron chi connectivity index (χ4n) is 2.65. The van der Waals surface area contributed by atoms with E-state index in [2.05, 4.69) is 0 Å². The van der Waals surface area contributed by atoms with Gasteiger partial charge in [0.15, 0.2) is 0 Å². The molecule has 3 heteroatoms. The Labute approximate surface area is 72.3 Å². The molecule has 0 saturated heterocycles. The normalized spacial score (nSPS) is 44.8. The molecule has 2 unspecified atom stereocenters. The molecule has 2 saturated carbocycles. The molecule has 2 N–H and O–H groups in total.